The van der Waals surface area contributed by atoms with Crippen LogP contribution >= 0.6 is 0 Å². The van der Waals surface area contributed by atoms with Crippen molar-refractivity contribution in [1.29, 1.82) is 0 Å². The fraction of sp³-hybridized carbons (Fsp3) is 0.889. The molecule has 4 nitrogen and oxygen atoms in total. The largest absolute Gasteiger partial charge is 0.473 e. The second-order valence-corrected chi connectivity index (χ2v) is 5.86. The van der Waals surface area contributed by atoms with Gasteiger partial charge in [-0.25, -0.2) is 5.48 Å². The standard InChI is InChI=1S/C18H37NO3/c1-18(2)22-17-21-16-14-12-10-8-6-4-5-7-9-11-13-15-19-20-3/h19H,1,4-17H2,2-3H3. The van der Waals surface area contributed by atoms with E-state index in [-0.39, 0.29) is 0 Å². The predicted octanol–water partition coefficient (Wildman–Crippen LogP) is 4.95. The predicted molar refractivity (Wildman–Crippen MR) is 92.5 cm³/mol. The van der Waals surface area contributed by atoms with Gasteiger partial charge in [-0.15, -0.1) is 0 Å². The summed E-state index contributed by atoms with van der Waals surface area (Å²) < 4.78 is 10.5. The molecule has 0 bridgehead atoms. The first-order valence-electron chi connectivity index (χ1n) is 8.89. The highest BCUT2D eigenvalue weighted by molar-refractivity contribution is 4.72. The Morgan fingerprint density at radius 2 is 1.32 bits per heavy atom. The first-order valence-corrected chi connectivity index (χ1v) is 8.89. The highest BCUT2D eigenvalue weighted by Crippen LogP contribution is 2.11. The highest BCUT2D eigenvalue weighted by atomic mass is 16.7. The van der Waals surface area contributed by atoms with Crippen LogP contribution in [0.25, 0.3) is 0 Å². The molecule has 0 aromatic heterocycles. The van der Waals surface area contributed by atoms with Crippen molar-refractivity contribution < 1.29 is 14.3 Å². The molecule has 4 heteroatoms. The van der Waals surface area contributed by atoms with Gasteiger partial charge in [-0.1, -0.05) is 64.4 Å². The quantitative estimate of drug-likeness (QED) is 0.168. The molecule has 0 heterocycles. The first kappa shape index (κ1) is 21.4. The molecule has 132 valence electrons. The Hall–Kier alpha value is -0.580. The first-order chi connectivity index (χ1) is 10.8. The maximum Gasteiger partial charge on any atom is 0.188 e. The minimum atomic E-state index is 0.344. The Labute approximate surface area is 137 Å². The Balaban J connectivity index is 2.95. The molecule has 0 fully saturated rings. The van der Waals surface area contributed by atoms with Crippen LogP contribution in [0.1, 0.15) is 77.6 Å². The molecule has 0 saturated carbocycles. The van der Waals surface area contributed by atoms with Crippen molar-refractivity contribution in [3.05, 3.63) is 12.3 Å². The number of nitrogens with one attached hydrogen (secondary N) is 1. The minimum absolute atomic E-state index is 0.344. The lowest BCUT2D eigenvalue weighted by Crippen LogP contribution is -2.12. The van der Waals surface area contributed by atoms with Crippen LogP contribution < -0.4 is 5.48 Å². The van der Waals surface area contributed by atoms with Crippen LogP contribution in [0.15, 0.2) is 12.3 Å². The number of rotatable bonds is 18. The van der Waals surface area contributed by atoms with E-state index >= 15 is 0 Å². The Kier molecular flexibility index (Phi) is 18.0. The number of hydrogen-bond donors (Lipinski definition) is 1. The zero-order chi connectivity index (χ0) is 16.3. The van der Waals surface area contributed by atoms with E-state index in [1.54, 1.807) is 7.11 Å². The van der Waals surface area contributed by atoms with E-state index in [0.717, 1.165) is 19.6 Å². The maximum absolute atomic E-state index is 5.36. The molecule has 0 radical (unpaired) electrons. The Morgan fingerprint density at radius 3 is 1.82 bits per heavy atom. The van der Waals surface area contributed by atoms with Gasteiger partial charge in [-0.2, -0.15) is 0 Å². The van der Waals surface area contributed by atoms with E-state index < -0.39 is 0 Å². The zero-order valence-corrected chi connectivity index (χ0v) is 14.8. The van der Waals surface area contributed by atoms with Crippen LogP contribution in [0.3, 0.4) is 0 Å². The Morgan fingerprint density at radius 1 is 0.818 bits per heavy atom. The molecule has 0 aliphatic carbocycles. The molecule has 1 N–H and O–H groups in total. The van der Waals surface area contributed by atoms with Gasteiger partial charge < -0.3 is 14.3 Å². The van der Waals surface area contributed by atoms with Gasteiger partial charge in [0.1, 0.15) is 0 Å². The summed E-state index contributed by atoms with van der Waals surface area (Å²) in [5.74, 6) is 0.714. The van der Waals surface area contributed by atoms with Crippen molar-refractivity contribution in [1.82, 2.24) is 5.48 Å². The van der Waals surface area contributed by atoms with Crippen molar-refractivity contribution in [3.8, 4) is 0 Å². The van der Waals surface area contributed by atoms with E-state index in [4.69, 9.17) is 14.3 Å². The molecular weight excluding hydrogens is 278 g/mol. The van der Waals surface area contributed by atoms with Crippen LogP contribution in [0, 0.1) is 0 Å². The fourth-order valence-electron chi connectivity index (χ4n) is 2.30. The second-order valence-electron chi connectivity index (χ2n) is 5.86. The third-order valence-corrected chi connectivity index (χ3v) is 3.60. The van der Waals surface area contributed by atoms with E-state index in [2.05, 4.69) is 12.1 Å². The van der Waals surface area contributed by atoms with Crippen molar-refractivity contribution in [2.75, 3.05) is 27.1 Å². The summed E-state index contributed by atoms with van der Waals surface area (Å²) in [6.07, 6.45) is 14.5. The van der Waals surface area contributed by atoms with Gasteiger partial charge in [-0.3, -0.25) is 0 Å². The Bertz CT molecular complexity index is 234. The van der Waals surface area contributed by atoms with Crippen molar-refractivity contribution in [2.24, 2.45) is 0 Å². The lowest BCUT2D eigenvalue weighted by molar-refractivity contribution is -0.0234. The SMILES string of the molecule is C=C(C)OCOCCCCCCCCCCCCCNOC. The number of allylic oxidation sites excluding steroid dienone is 1. The molecule has 0 aliphatic rings. The van der Waals surface area contributed by atoms with Gasteiger partial charge in [0.2, 0.25) is 0 Å². The van der Waals surface area contributed by atoms with Gasteiger partial charge in [0.05, 0.1) is 19.5 Å². The summed E-state index contributed by atoms with van der Waals surface area (Å²) in [7, 11) is 1.67. The van der Waals surface area contributed by atoms with Crippen molar-refractivity contribution in [2.45, 2.75) is 77.6 Å². The van der Waals surface area contributed by atoms with Crippen molar-refractivity contribution in [3.63, 3.8) is 0 Å². The third-order valence-electron chi connectivity index (χ3n) is 3.60. The molecular formula is C18H37NO3. The van der Waals surface area contributed by atoms with Crippen LogP contribution in [0.5, 0.6) is 0 Å². The van der Waals surface area contributed by atoms with Crippen molar-refractivity contribution >= 4 is 0 Å². The van der Waals surface area contributed by atoms with E-state index in [9.17, 15) is 0 Å². The summed E-state index contributed by atoms with van der Waals surface area (Å²) in [6, 6.07) is 0. The molecule has 0 saturated heterocycles. The fourth-order valence-corrected chi connectivity index (χ4v) is 2.30. The third kappa shape index (κ3) is 19.4. The van der Waals surface area contributed by atoms with Gasteiger partial charge >= 0.3 is 0 Å². The average Bonchev–Trinajstić information content (AvgIpc) is 2.50. The van der Waals surface area contributed by atoms with Gasteiger partial charge in [0.25, 0.3) is 0 Å². The molecule has 0 amide bonds. The number of ether oxygens (including phenoxy) is 2. The summed E-state index contributed by atoms with van der Waals surface area (Å²) in [5.41, 5.74) is 2.88. The number of hydrogen-bond acceptors (Lipinski definition) is 4. The van der Waals surface area contributed by atoms with Gasteiger partial charge in [-0.05, 0) is 19.8 Å². The summed E-state index contributed by atoms with van der Waals surface area (Å²) in [5, 5.41) is 0. The average molecular weight is 315 g/mol. The summed E-state index contributed by atoms with van der Waals surface area (Å²) in [6.45, 7) is 7.60. The zero-order valence-electron chi connectivity index (χ0n) is 14.8. The molecule has 0 unspecified atom stereocenters. The smallest absolute Gasteiger partial charge is 0.188 e. The van der Waals surface area contributed by atoms with E-state index in [0.29, 0.717) is 12.6 Å². The second kappa shape index (κ2) is 18.5. The molecule has 0 rings (SSSR count). The number of unbranched alkanes of at least 4 members (excludes halogenated alkanes) is 10. The molecule has 0 aromatic carbocycles. The van der Waals surface area contributed by atoms with Gasteiger partial charge in [0.15, 0.2) is 6.79 Å². The monoisotopic (exact) mass is 315 g/mol. The highest BCUT2D eigenvalue weighted by Gasteiger charge is 1.94. The van der Waals surface area contributed by atoms with Gasteiger partial charge in [0, 0.05) is 6.54 Å². The van der Waals surface area contributed by atoms with Crippen LogP contribution in [-0.4, -0.2) is 27.1 Å². The minimum Gasteiger partial charge on any atom is -0.473 e. The number of hydroxylamine groups is 1. The molecule has 0 spiro atoms. The van der Waals surface area contributed by atoms with E-state index in [1.807, 2.05) is 6.92 Å². The van der Waals surface area contributed by atoms with Crippen LogP contribution in [0.2, 0.25) is 0 Å². The molecule has 0 atom stereocenters. The lowest BCUT2D eigenvalue weighted by atomic mass is 10.1. The van der Waals surface area contributed by atoms with Crippen LogP contribution in [0.4, 0.5) is 0 Å². The molecule has 0 aliphatic heterocycles. The molecule has 22 heavy (non-hydrogen) atoms. The van der Waals surface area contributed by atoms with E-state index in [1.165, 1.54) is 64.2 Å². The topological polar surface area (TPSA) is 39.7 Å². The summed E-state index contributed by atoms with van der Waals surface area (Å²) >= 11 is 0. The normalized spacial score (nSPS) is 10.8. The summed E-state index contributed by atoms with van der Waals surface area (Å²) in [4.78, 5) is 4.80. The molecule has 0 aromatic rings. The lowest BCUT2D eigenvalue weighted by Gasteiger charge is -2.06. The maximum atomic E-state index is 5.36. The van der Waals surface area contributed by atoms with Crippen LogP contribution in [-0.2, 0) is 14.3 Å².